The fourth-order valence-corrected chi connectivity index (χ4v) is 4.60. The SMILES string of the molecule is CC(C)(C)OC(=O)Nc1ncnc2cc(NC(=O)[C@H](O)[C@H]3OCCN(c4ccc5c(c4)NC(=O)CC5)C3=O)ccc12. The maximum Gasteiger partial charge on any atom is 0.413 e. The number of carbonyl (C=O) groups excluding carboxylic acids is 4. The Bertz CT molecular complexity index is 1540. The quantitative estimate of drug-likeness (QED) is 0.365. The zero-order valence-electron chi connectivity index (χ0n) is 22.8. The molecule has 0 bridgehead atoms. The molecule has 0 radical (unpaired) electrons. The van der Waals surface area contributed by atoms with Gasteiger partial charge in [0.1, 0.15) is 17.7 Å². The third kappa shape index (κ3) is 6.26. The number of aromatic nitrogens is 2. The van der Waals surface area contributed by atoms with Gasteiger partial charge in [-0.15, -0.1) is 0 Å². The number of fused-ring (bicyclic) bond motifs is 2. The summed E-state index contributed by atoms with van der Waals surface area (Å²) in [6, 6.07) is 10.0. The maximum absolute atomic E-state index is 13.3. The Hall–Kier alpha value is -4.62. The van der Waals surface area contributed by atoms with Crippen molar-refractivity contribution in [2.45, 2.75) is 51.4 Å². The summed E-state index contributed by atoms with van der Waals surface area (Å²) >= 11 is 0. The van der Waals surface area contributed by atoms with Crippen molar-refractivity contribution in [3.63, 3.8) is 0 Å². The van der Waals surface area contributed by atoms with Gasteiger partial charge in [-0.3, -0.25) is 19.7 Å². The van der Waals surface area contributed by atoms with Crippen molar-refractivity contribution in [2.24, 2.45) is 0 Å². The second-order valence-electron chi connectivity index (χ2n) is 10.7. The van der Waals surface area contributed by atoms with E-state index in [1.165, 1.54) is 11.2 Å². The largest absolute Gasteiger partial charge is 0.444 e. The van der Waals surface area contributed by atoms with Gasteiger partial charge in [-0.2, -0.15) is 0 Å². The number of hydrogen-bond acceptors (Lipinski definition) is 9. The number of benzene rings is 2. The molecular weight excluding hydrogens is 532 g/mol. The molecule has 0 unspecified atom stereocenters. The molecule has 0 saturated carbocycles. The van der Waals surface area contributed by atoms with E-state index in [-0.39, 0.29) is 24.9 Å². The first-order chi connectivity index (χ1) is 19.5. The van der Waals surface area contributed by atoms with E-state index in [0.29, 0.717) is 40.8 Å². The van der Waals surface area contributed by atoms with E-state index in [1.807, 2.05) is 6.07 Å². The smallest absolute Gasteiger partial charge is 0.413 e. The first-order valence-electron chi connectivity index (χ1n) is 13.1. The average molecular weight is 563 g/mol. The highest BCUT2D eigenvalue weighted by Crippen LogP contribution is 2.30. The van der Waals surface area contributed by atoms with Crippen molar-refractivity contribution in [1.29, 1.82) is 0 Å². The molecule has 5 rings (SSSR count). The molecule has 2 atom stereocenters. The summed E-state index contributed by atoms with van der Waals surface area (Å²) < 4.78 is 10.8. The molecule has 1 aromatic heterocycles. The number of aliphatic hydroxyl groups is 1. The molecule has 3 heterocycles. The van der Waals surface area contributed by atoms with E-state index in [9.17, 15) is 24.3 Å². The van der Waals surface area contributed by atoms with Gasteiger partial charge >= 0.3 is 6.09 Å². The molecule has 4 N–H and O–H groups in total. The first kappa shape index (κ1) is 27.9. The Morgan fingerprint density at radius 2 is 1.93 bits per heavy atom. The number of nitrogens with one attached hydrogen (secondary N) is 3. The summed E-state index contributed by atoms with van der Waals surface area (Å²) in [6.45, 7) is 5.55. The van der Waals surface area contributed by atoms with Crippen LogP contribution < -0.4 is 20.9 Å². The monoisotopic (exact) mass is 562 g/mol. The molecule has 2 aliphatic heterocycles. The maximum atomic E-state index is 13.3. The highest BCUT2D eigenvalue weighted by molar-refractivity contribution is 6.05. The standard InChI is InChI=1S/C28H30N6O7/c1-28(2,3)41-27(39)33-24-18-8-6-16(12-20(18)29-14-30-24)31-25(37)22(36)23-26(38)34(10-11-40-23)17-7-4-15-5-9-21(35)32-19(15)13-17/h4,6-8,12-14,22-23,36H,5,9-11H2,1-3H3,(H,31,37)(H,32,35)(H,29,30,33,39)/t22-,23-/m1/s1. The second kappa shape index (κ2) is 11.1. The van der Waals surface area contributed by atoms with Gasteiger partial charge in [0.15, 0.2) is 12.2 Å². The van der Waals surface area contributed by atoms with Crippen molar-refractivity contribution in [1.82, 2.24) is 9.97 Å². The van der Waals surface area contributed by atoms with E-state index >= 15 is 0 Å². The number of hydrogen-bond donors (Lipinski definition) is 4. The van der Waals surface area contributed by atoms with Crippen LogP contribution in [0.25, 0.3) is 10.9 Å². The predicted octanol–water partition coefficient (Wildman–Crippen LogP) is 2.59. The minimum atomic E-state index is -1.80. The van der Waals surface area contributed by atoms with Gasteiger partial charge in [0.2, 0.25) is 5.91 Å². The zero-order chi connectivity index (χ0) is 29.3. The summed E-state index contributed by atoms with van der Waals surface area (Å²) in [6.07, 6.45) is -1.63. The molecule has 1 saturated heterocycles. The Labute approximate surface area is 235 Å². The molecule has 3 aromatic rings. The summed E-state index contributed by atoms with van der Waals surface area (Å²) in [5, 5.41) is 19.3. The number of morpholine rings is 1. The van der Waals surface area contributed by atoms with Crippen molar-refractivity contribution >= 4 is 57.6 Å². The van der Waals surface area contributed by atoms with E-state index in [1.54, 1.807) is 51.1 Å². The molecule has 0 spiro atoms. The van der Waals surface area contributed by atoms with Crippen LogP contribution in [0.1, 0.15) is 32.8 Å². The normalized spacial score (nSPS) is 17.9. The average Bonchev–Trinajstić information content (AvgIpc) is 2.91. The van der Waals surface area contributed by atoms with Gasteiger partial charge in [-0.05, 0) is 63.1 Å². The number of nitrogens with zero attached hydrogens (tertiary/aromatic N) is 3. The van der Waals surface area contributed by atoms with Crippen LogP contribution in [-0.4, -0.2) is 69.8 Å². The van der Waals surface area contributed by atoms with Gasteiger partial charge in [0.25, 0.3) is 11.8 Å². The lowest BCUT2D eigenvalue weighted by Gasteiger charge is -2.34. The molecule has 1 fully saturated rings. The molecule has 13 heteroatoms. The third-order valence-corrected chi connectivity index (χ3v) is 6.50. The predicted molar refractivity (Wildman–Crippen MR) is 150 cm³/mol. The second-order valence-corrected chi connectivity index (χ2v) is 10.7. The van der Waals surface area contributed by atoms with Crippen molar-refractivity contribution < 1.29 is 33.8 Å². The fourth-order valence-electron chi connectivity index (χ4n) is 4.60. The van der Waals surface area contributed by atoms with Crippen molar-refractivity contribution in [3.05, 3.63) is 48.3 Å². The van der Waals surface area contributed by atoms with Gasteiger partial charge < -0.3 is 30.1 Å². The number of aliphatic hydroxyl groups excluding tert-OH is 1. The Morgan fingerprint density at radius 3 is 2.71 bits per heavy atom. The lowest BCUT2D eigenvalue weighted by Crippen LogP contribution is -2.55. The third-order valence-electron chi connectivity index (χ3n) is 6.50. The van der Waals surface area contributed by atoms with Gasteiger partial charge in [-0.25, -0.2) is 14.8 Å². The van der Waals surface area contributed by atoms with Crippen LogP contribution >= 0.6 is 0 Å². The van der Waals surface area contributed by atoms with Gasteiger partial charge in [-0.1, -0.05) is 6.07 Å². The summed E-state index contributed by atoms with van der Waals surface area (Å²) in [4.78, 5) is 59.9. The minimum Gasteiger partial charge on any atom is -0.444 e. The molecule has 4 amide bonds. The zero-order valence-corrected chi connectivity index (χ0v) is 22.8. The van der Waals surface area contributed by atoms with Crippen LogP contribution in [0.4, 0.5) is 27.7 Å². The van der Waals surface area contributed by atoms with Crippen molar-refractivity contribution in [2.75, 3.05) is 34.0 Å². The van der Waals surface area contributed by atoms with Crippen LogP contribution in [0, 0.1) is 0 Å². The molecule has 41 heavy (non-hydrogen) atoms. The van der Waals surface area contributed by atoms with Crippen LogP contribution in [0.3, 0.4) is 0 Å². The summed E-state index contributed by atoms with van der Waals surface area (Å²) in [5.74, 6) is -1.29. The van der Waals surface area contributed by atoms with Crippen LogP contribution in [0.15, 0.2) is 42.7 Å². The molecule has 2 aromatic carbocycles. The number of rotatable bonds is 5. The fraction of sp³-hybridized carbons (Fsp3) is 0.357. The number of ether oxygens (including phenoxy) is 2. The van der Waals surface area contributed by atoms with E-state index < -0.39 is 35.7 Å². The van der Waals surface area contributed by atoms with E-state index in [0.717, 1.165) is 5.56 Å². The molecule has 2 aliphatic rings. The van der Waals surface area contributed by atoms with E-state index in [2.05, 4.69) is 25.9 Å². The molecular formula is C28H30N6O7. The van der Waals surface area contributed by atoms with Gasteiger partial charge in [0, 0.05) is 35.4 Å². The number of amides is 4. The van der Waals surface area contributed by atoms with Crippen LogP contribution in [0.5, 0.6) is 0 Å². The summed E-state index contributed by atoms with van der Waals surface area (Å²) in [7, 11) is 0. The lowest BCUT2D eigenvalue weighted by atomic mass is 10.0. The van der Waals surface area contributed by atoms with Crippen LogP contribution in [-0.2, 0) is 30.3 Å². The molecule has 0 aliphatic carbocycles. The minimum absolute atomic E-state index is 0.0939. The number of anilines is 4. The van der Waals surface area contributed by atoms with Crippen molar-refractivity contribution in [3.8, 4) is 0 Å². The van der Waals surface area contributed by atoms with Crippen LogP contribution in [0.2, 0.25) is 0 Å². The molecule has 13 nitrogen and oxygen atoms in total. The lowest BCUT2D eigenvalue weighted by molar-refractivity contribution is -0.150. The topological polar surface area (TPSA) is 172 Å². The first-order valence-corrected chi connectivity index (χ1v) is 13.1. The Kier molecular flexibility index (Phi) is 7.56. The van der Waals surface area contributed by atoms with Gasteiger partial charge in [0.05, 0.1) is 12.1 Å². The molecule has 214 valence electrons. The highest BCUT2D eigenvalue weighted by atomic mass is 16.6. The Morgan fingerprint density at radius 1 is 1.12 bits per heavy atom. The Balaban J connectivity index is 1.27. The highest BCUT2D eigenvalue weighted by Gasteiger charge is 2.39. The van der Waals surface area contributed by atoms with E-state index in [4.69, 9.17) is 9.47 Å². The number of carbonyl (C=O) groups is 4. The number of aryl methyl sites for hydroxylation is 1. The summed E-state index contributed by atoms with van der Waals surface area (Å²) in [5.41, 5.74) is 2.16.